The van der Waals surface area contributed by atoms with Gasteiger partial charge in [-0.05, 0) is 42.8 Å². The lowest BCUT2D eigenvalue weighted by molar-refractivity contribution is 0.579. The minimum Gasteiger partial charge on any atom is -0.256 e. The summed E-state index contributed by atoms with van der Waals surface area (Å²) >= 11 is 0. The van der Waals surface area contributed by atoms with E-state index in [1.165, 1.54) is 12.3 Å². The van der Waals surface area contributed by atoms with Crippen molar-refractivity contribution in [1.29, 1.82) is 5.26 Å². The van der Waals surface area contributed by atoms with E-state index < -0.39 is 10.0 Å². The summed E-state index contributed by atoms with van der Waals surface area (Å²) < 4.78 is 27.0. The number of fused-ring (bicyclic) bond motifs is 1. The summed E-state index contributed by atoms with van der Waals surface area (Å²) in [6.07, 6.45) is 3.09. The average Bonchev–Trinajstić information content (AvgIpc) is 3.18. The highest BCUT2D eigenvalue weighted by Crippen LogP contribution is 2.27. The molecule has 27 heavy (non-hydrogen) atoms. The van der Waals surface area contributed by atoms with Crippen molar-refractivity contribution in [2.24, 2.45) is 0 Å². The second kappa shape index (κ2) is 6.34. The molecule has 0 fully saturated rings. The van der Waals surface area contributed by atoms with Gasteiger partial charge in [-0.1, -0.05) is 24.3 Å². The van der Waals surface area contributed by atoms with Crippen molar-refractivity contribution in [2.45, 2.75) is 11.8 Å². The van der Waals surface area contributed by atoms with Gasteiger partial charge >= 0.3 is 0 Å². The molecule has 6 nitrogen and oxygen atoms in total. The Labute approximate surface area is 156 Å². The summed E-state index contributed by atoms with van der Waals surface area (Å²) in [5.74, 6) is 0. The van der Waals surface area contributed by atoms with E-state index in [-0.39, 0.29) is 10.5 Å². The highest BCUT2D eigenvalue weighted by Gasteiger charge is 2.21. The molecule has 132 valence electrons. The molecule has 2 aromatic carbocycles. The fraction of sp³-hybridized carbons (Fsp3) is 0.0500. The zero-order chi connectivity index (χ0) is 19.0. The lowest BCUT2D eigenvalue weighted by Crippen LogP contribution is -2.15. The van der Waals surface area contributed by atoms with Crippen molar-refractivity contribution in [3.63, 3.8) is 0 Å². The van der Waals surface area contributed by atoms with Crippen LogP contribution in [0.5, 0.6) is 0 Å². The first-order valence-electron chi connectivity index (χ1n) is 8.17. The normalized spacial score (nSPS) is 11.4. The van der Waals surface area contributed by atoms with Crippen LogP contribution >= 0.6 is 0 Å². The number of nitrogens with zero attached hydrogens (tertiary/aromatic N) is 4. The molecule has 0 amide bonds. The fourth-order valence-electron chi connectivity index (χ4n) is 2.95. The van der Waals surface area contributed by atoms with Gasteiger partial charge in [-0.3, -0.25) is 4.98 Å². The van der Waals surface area contributed by atoms with Gasteiger partial charge < -0.3 is 0 Å². The minimum absolute atomic E-state index is 0.0655. The first-order valence-corrected chi connectivity index (χ1v) is 9.61. The van der Waals surface area contributed by atoms with Crippen molar-refractivity contribution >= 4 is 20.9 Å². The standard InChI is InChI=1S/C20H14N4O2S/c1-14-6-7-15(13-21)12-20(14)27(25,26)24-11-9-19(23-24)17-8-10-22-18-5-3-2-4-16(17)18/h2-12H,1H3. The van der Waals surface area contributed by atoms with Gasteiger partial charge in [0.2, 0.25) is 0 Å². The smallest absolute Gasteiger partial charge is 0.256 e. The Balaban J connectivity index is 1.84. The second-order valence-corrected chi connectivity index (χ2v) is 7.81. The number of pyridine rings is 1. The van der Waals surface area contributed by atoms with Crippen molar-refractivity contribution in [3.8, 4) is 17.3 Å². The van der Waals surface area contributed by atoms with E-state index in [1.807, 2.05) is 36.4 Å². The van der Waals surface area contributed by atoms with Gasteiger partial charge in [-0.2, -0.15) is 22.9 Å². The molecule has 7 heteroatoms. The predicted molar refractivity (Wildman–Crippen MR) is 101 cm³/mol. The molecular formula is C20H14N4O2S. The summed E-state index contributed by atoms with van der Waals surface area (Å²) in [6, 6.07) is 17.6. The molecule has 0 aliphatic rings. The van der Waals surface area contributed by atoms with Crippen molar-refractivity contribution in [2.75, 3.05) is 0 Å². The molecule has 2 aromatic heterocycles. The molecule has 0 saturated heterocycles. The van der Waals surface area contributed by atoms with Crippen molar-refractivity contribution in [3.05, 3.63) is 78.1 Å². The van der Waals surface area contributed by atoms with E-state index in [2.05, 4.69) is 10.1 Å². The Hall–Kier alpha value is -3.50. The second-order valence-electron chi connectivity index (χ2n) is 6.05. The number of aromatic nitrogens is 3. The zero-order valence-electron chi connectivity index (χ0n) is 14.4. The number of benzene rings is 2. The van der Waals surface area contributed by atoms with E-state index in [0.29, 0.717) is 11.3 Å². The third-order valence-corrected chi connectivity index (χ3v) is 6.02. The van der Waals surface area contributed by atoms with Crippen LogP contribution in [0, 0.1) is 18.3 Å². The Morgan fingerprint density at radius 2 is 1.89 bits per heavy atom. The lowest BCUT2D eigenvalue weighted by atomic mass is 10.1. The molecular weight excluding hydrogens is 360 g/mol. The van der Waals surface area contributed by atoms with Crippen LogP contribution in [0.2, 0.25) is 0 Å². The number of aryl methyl sites for hydroxylation is 1. The molecule has 2 heterocycles. The monoisotopic (exact) mass is 374 g/mol. The van der Waals surface area contributed by atoms with E-state index in [4.69, 9.17) is 5.26 Å². The van der Waals surface area contributed by atoms with Crippen LogP contribution in [0.3, 0.4) is 0 Å². The van der Waals surface area contributed by atoms with Crippen LogP contribution < -0.4 is 0 Å². The molecule has 0 aliphatic carbocycles. The lowest BCUT2D eigenvalue weighted by Gasteiger charge is -2.08. The van der Waals surface area contributed by atoms with Crippen molar-refractivity contribution in [1.82, 2.24) is 14.2 Å². The maximum atomic E-state index is 13.0. The minimum atomic E-state index is -3.90. The first kappa shape index (κ1) is 16.9. The van der Waals surface area contributed by atoms with Gasteiger partial charge in [0.1, 0.15) is 0 Å². The van der Waals surface area contributed by atoms with Gasteiger partial charge in [-0.15, -0.1) is 0 Å². The van der Waals surface area contributed by atoms with E-state index in [0.717, 1.165) is 20.6 Å². The third-order valence-electron chi connectivity index (χ3n) is 4.33. The molecule has 0 aliphatic heterocycles. The Kier molecular flexibility index (Phi) is 3.98. The summed E-state index contributed by atoms with van der Waals surface area (Å²) in [7, 11) is -3.90. The van der Waals surface area contributed by atoms with Crippen LogP contribution in [0.25, 0.3) is 22.2 Å². The van der Waals surface area contributed by atoms with Crippen LogP contribution in [0.15, 0.2) is 71.9 Å². The van der Waals surface area contributed by atoms with Crippen LogP contribution in [-0.2, 0) is 10.0 Å². The van der Waals surface area contributed by atoms with Gasteiger partial charge in [0.05, 0.1) is 27.7 Å². The predicted octanol–water partition coefficient (Wildman–Crippen LogP) is 3.52. The van der Waals surface area contributed by atoms with E-state index in [9.17, 15) is 8.42 Å². The van der Waals surface area contributed by atoms with E-state index in [1.54, 1.807) is 31.3 Å². The molecule has 0 spiro atoms. The molecule has 0 saturated carbocycles. The average molecular weight is 374 g/mol. The number of hydrogen-bond donors (Lipinski definition) is 0. The zero-order valence-corrected chi connectivity index (χ0v) is 15.2. The molecule has 0 unspecified atom stereocenters. The van der Waals surface area contributed by atoms with Crippen LogP contribution in [0.1, 0.15) is 11.1 Å². The first-order chi connectivity index (χ1) is 13.0. The molecule has 0 bridgehead atoms. The maximum absolute atomic E-state index is 13.0. The van der Waals surface area contributed by atoms with Gasteiger partial charge in [0, 0.05) is 23.3 Å². The highest BCUT2D eigenvalue weighted by molar-refractivity contribution is 7.89. The Bertz CT molecular complexity index is 1310. The van der Waals surface area contributed by atoms with Gasteiger partial charge in [0.15, 0.2) is 0 Å². The molecule has 4 rings (SSSR count). The summed E-state index contributed by atoms with van der Waals surface area (Å²) in [6.45, 7) is 1.69. The van der Waals surface area contributed by atoms with E-state index >= 15 is 0 Å². The SMILES string of the molecule is Cc1ccc(C#N)cc1S(=O)(=O)n1ccc(-c2ccnc3ccccc23)n1. The molecule has 4 aromatic rings. The Morgan fingerprint density at radius 3 is 2.70 bits per heavy atom. The Morgan fingerprint density at radius 1 is 1.07 bits per heavy atom. The number of rotatable bonds is 3. The number of para-hydroxylation sites is 1. The molecule has 0 atom stereocenters. The van der Waals surface area contributed by atoms with Gasteiger partial charge in [-0.25, -0.2) is 0 Å². The van der Waals surface area contributed by atoms with Crippen LogP contribution in [-0.4, -0.2) is 22.6 Å². The van der Waals surface area contributed by atoms with Crippen molar-refractivity contribution < 1.29 is 8.42 Å². The molecule has 0 N–H and O–H groups in total. The van der Waals surface area contributed by atoms with Gasteiger partial charge in [0.25, 0.3) is 10.0 Å². The number of nitriles is 1. The summed E-state index contributed by atoms with van der Waals surface area (Å²) in [4.78, 5) is 4.38. The molecule has 0 radical (unpaired) electrons. The van der Waals surface area contributed by atoms with Crippen LogP contribution in [0.4, 0.5) is 0 Å². The topological polar surface area (TPSA) is 88.6 Å². The fourth-order valence-corrected chi connectivity index (χ4v) is 4.32. The third kappa shape index (κ3) is 2.86. The largest absolute Gasteiger partial charge is 0.283 e. The highest BCUT2D eigenvalue weighted by atomic mass is 32.2. The summed E-state index contributed by atoms with van der Waals surface area (Å²) in [5, 5.41) is 14.3. The summed E-state index contributed by atoms with van der Waals surface area (Å²) in [5.41, 5.74) is 2.99. The number of hydrogen-bond acceptors (Lipinski definition) is 5. The maximum Gasteiger partial charge on any atom is 0.283 e. The quantitative estimate of drug-likeness (QED) is 0.547.